The maximum atomic E-state index is 12.6. The lowest BCUT2D eigenvalue weighted by molar-refractivity contribution is -0.136. The first-order valence-electron chi connectivity index (χ1n) is 9.10. The molecule has 3 rings (SSSR count). The van der Waals surface area contributed by atoms with Crippen molar-refractivity contribution < 1.29 is 14.3 Å². The summed E-state index contributed by atoms with van der Waals surface area (Å²) in [6, 6.07) is 8.66. The Balaban J connectivity index is 1.44. The Morgan fingerprint density at radius 2 is 1.84 bits per heavy atom. The Bertz CT molecular complexity index is 579. The SMILES string of the molecule is CC(NC(=O)COc1ccccc1)C(=O)N1CC[C@@H]2CNC[C@@H]2CC1. The lowest BCUT2D eigenvalue weighted by atomic mass is 9.92. The smallest absolute Gasteiger partial charge is 0.258 e. The molecule has 2 N–H and O–H groups in total. The number of carbonyl (C=O) groups is 2. The number of hydrogen-bond acceptors (Lipinski definition) is 4. The number of ether oxygens (including phenoxy) is 1. The number of hydrogen-bond donors (Lipinski definition) is 2. The molecule has 1 unspecified atom stereocenters. The zero-order valence-corrected chi connectivity index (χ0v) is 14.7. The second-order valence-electron chi connectivity index (χ2n) is 6.97. The standard InChI is InChI=1S/C19H27N3O3/c1-14(21-18(23)13-25-17-5-3-2-4-6-17)19(24)22-9-7-15-11-20-12-16(15)8-10-22/h2-6,14-16,20H,7-13H2,1H3,(H,21,23)/t14?,15-,16+. The fourth-order valence-corrected chi connectivity index (χ4v) is 3.72. The highest BCUT2D eigenvalue weighted by molar-refractivity contribution is 5.87. The minimum atomic E-state index is -0.525. The van der Waals surface area contributed by atoms with E-state index in [4.69, 9.17) is 4.74 Å². The minimum Gasteiger partial charge on any atom is -0.484 e. The fourth-order valence-electron chi connectivity index (χ4n) is 3.72. The summed E-state index contributed by atoms with van der Waals surface area (Å²) in [4.78, 5) is 26.6. The quantitative estimate of drug-likeness (QED) is 0.836. The fraction of sp³-hybridized carbons (Fsp3) is 0.579. The van der Waals surface area contributed by atoms with Crippen molar-refractivity contribution in [3.63, 3.8) is 0 Å². The van der Waals surface area contributed by atoms with Crippen molar-refractivity contribution in [3.05, 3.63) is 30.3 Å². The van der Waals surface area contributed by atoms with E-state index >= 15 is 0 Å². The van der Waals surface area contributed by atoms with Gasteiger partial charge in [-0.3, -0.25) is 9.59 Å². The number of fused-ring (bicyclic) bond motifs is 1. The highest BCUT2D eigenvalue weighted by Crippen LogP contribution is 2.27. The highest BCUT2D eigenvalue weighted by Gasteiger charge is 2.32. The van der Waals surface area contributed by atoms with E-state index in [1.54, 1.807) is 19.1 Å². The summed E-state index contributed by atoms with van der Waals surface area (Å²) in [6.45, 7) is 5.35. The molecule has 25 heavy (non-hydrogen) atoms. The first-order chi connectivity index (χ1) is 12.1. The van der Waals surface area contributed by atoms with Crippen molar-refractivity contribution >= 4 is 11.8 Å². The first-order valence-corrected chi connectivity index (χ1v) is 9.10. The summed E-state index contributed by atoms with van der Waals surface area (Å²) in [6.07, 6.45) is 2.09. The predicted molar refractivity (Wildman–Crippen MR) is 95.2 cm³/mol. The number of benzene rings is 1. The van der Waals surface area contributed by atoms with Gasteiger partial charge in [0, 0.05) is 13.1 Å². The van der Waals surface area contributed by atoms with Gasteiger partial charge in [0.15, 0.2) is 6.61 Å². The Kier molecular flexibility index (Phi) is 5.91. The third-order valence-electron chi connectivity index (χ3n) is 5.19. The molecule has 1 aromatic rings. The molecule has 0 aromatic heterocycles. The van der Waals surface area contributed by atoms with Crippen LogP contribution in [0.25, 0.3) is 0 Å². The van der Waals surface area contributed by atoms with Crippen LogP contribution in [0.15, 0.2) is 30.3 Å². The maximum absolute atomic E-state index is 12.6. The number of nitrogens with zero attached hydrogens (tertiary/aromatic N) is 1. The highest BCUT2D eigenvalue weighted by atomic mass is 16.5. The van der Waals surface area contributed by atoms with Gasteiger partial charge in [0.25, 0.3) is 5.91 Å². The van der Waals surface area contributed by atoms with Gasteiger partial charge in [-0.1, -0.05) is 18.2 Å². The van der Waals surface area contributed by atoms with E-state index in [9.17, 15) is 9.59 Å². The van der Waals surface area contributed by atoms with Crippen LogP contribution in [-0.2, 0) is 9.59 Å². The molecule has 6 heteroatoms. The van der Waals surface area contributed by atoms with E-state index in [0.29, 0.717) is 17.6 Å². The molecule has 2 amide bonds. The first kappa shape index (κ1) is 17.7. The monoisotopic (exact) mass is 345 g/mol. The molecule has 2 aliphatic rings. The molecule has 3 atom stereocenters. The molecule has 0 radical (unpaired) electrons. The topological polar surface area (TPSA) is 70.7 Å². The van der Waals surface area contributed by atoms with E-state index in [1.165, 1.54) is 0 Å². The van der Waals surface area contributed by atoms with Gasteiger partial charge in [0.1, 0.15) is 11.8 Å². The van der Waals surface area contributed by atoms with Crippen LogP contribution in [0.3, 0.4) is 0 Å². The summed E-state index contributed by atoms with van der Waals surface area (Å²) in [5.41, 5.74) is 0. The van der Waals surface area contributed by atoms with Gasteiger partial charge >= 0.3 is 0 Å². The van der Waals surface area contributed by atoms with Gasteiger partial charge in [-0.05, 0) is 56.8 Å². The van der Waals surface area contributed by atoms with Crippen molar-refractivity contribution in [1.82, 2.24) is 15.5 Å². The van der Waals surface area contributed by atoms with Crippen LogP contribution < -0.4 is 15.4 Å². The van der Waals surface area contributed by atoms with Crippen LogP contribution in [0.4, 0.5) is 0 Å². The number of rotatable bonds is 5. The van der Waals surface area contributed by atoms with Gasteiger partial charge in [-0.15, -0.1) is 0 Å². The van der Waals surface area contributed by atoms with E-state index < -0.39 is 6.04 Å². The molecule has 2 saturated heterocycles. The Morgan fingerprint density at radius 3 is 2.48 bits per heavy atom. The molecule has 2 aliphatic heterocycles. The molecular weight excluding hydrogens is 318 g/mol. The van der Waals surface area contributed by atoms with Gasteiger partial charge in [-0.2, -0.15) is 0 Å². The van der Waals surface area contributed by atoms with E-state index in [0.717, 1.165) is 39.0 Å². The van der Waals surface area contributed by atoms with E-state index in [-0.39, 0.29) is 18.4 Å². The van der Waals surface area contributed by atoms with Gasteiger partial charge < -0.3 is 20.3 Å². The minimum absolute atomic E-state index is 0.000920. The summed E-state index contributed by atoms with van der Waals surface area (Å²) in [5, 5.41) is 6.19. The van der Waals surface area contributed by atoms with Crippen molar-refractivity contribution in [2.75, 3.05) is 32.8 Å². The molecule has 0 bridgehead atoms. The van der Waals surface area contributed by atoms with Crippen molar-refractivity contribution in [2.24, 2.45) is 11.8 Å². The number of para-hydroxylation sites is 1. The van der Waals surface area contributed by atoms with Crippen molar-refractivity contribution in [3.8, 4) is 5.75 Å². The second kappa shape index (κ2) is 8.34. The largest absolute Gasteiger partial charge is 0.484 e. The Morgan fingerprint density at radius 1 is 1.20 bits per heavy atom. The van der Waals surface area contributed by atoms with Crippen molar-refractivity contribution in [2.45, 2.75) is 25.8 Å². The van der Waals surface area contributed by atoms with Gasteiger partial charge in [-0.25, -0.2) is 0 Å². The van der Waals surface area contributed by atoms with Crippen LogP contribution in [-0.4, -0.2) is 55.5 Å². The molecule has 1 aromatic carbocycles. The molecule has 0 spiro atoms. The lowest BCUT2D eigenvalue weighted by Gasteiger charge is -2.25. The van der Waals surface area contributed by atoms with Crippen LogP contribution in [0.1, 0.15) is 19.8 Å². The van der Waals surface area contributed by atoms with Gasteiger partial charge in [0.05, 0.1) is 0 Å². The third kappa shape index (κ3) is 4.72. The molecule has 0 saturated carbocycles. The lowest BCUT2D eigenvalue weighted by Crippen LogP contribution is -2.48. The van der Waals surface area contributed by atoms with E-state index in [1.807, 2.05) is 23.1 Å². The Hall–Kier alpha value is -2.08. The summed E-state index contributed by atoms with van der Waals surface area (Å²) in [5.74, 6) is 1.73. The zero-order valence-electron chi connectivity index (χ0n) is 14.7. The molecule has 136 valence electrons. The molecular formula is C19H27N3O3. The average molecular weight is 345 g/mol. The number of nitrogens with one attached hydrogen (secondary N) is 2. The third-order valence-corrected chi connectivity index (χ3v) is 5.19. The number of amides is 2. The van der Waals surface area contributed by atoms with Gasteiger partial charge in [0.2, 0.25) is 5.91 Å². The predicted octanol–water partition coefficient (Wildman–Crippen LogP) is 1.03. The van der Waals surface area contributed by atoms with Crippen LogP contribution in [0, 0.1) is 11.8 Å². The van der Waals surface area contributed by atoms with Crippen LogP contribution in [0.5, 0.6) is 5.75 Å². The summed E-state index contributed by atoms with van der Waals surface area (Å²) in [7, 11) is 0. The Labute approximate surface area is 148 Å². The zero-order chi connectivity index (χ0) is 17.6. The van der Waals surface area contributed by atoms with E-state index in [2.05, 4.69) is 10.6 Å². The molecule has 2 heterocycles. The second-order valence-corrected chi connectivity index (χ2v) is 6.97. The van der Waals surface area contributed by atoms with Crippen molar-refractivity contribution in [1.29, 1.82) is 0 Å². The maximum Gasteiger partial charge on any atom is 0.258 e. The number of carbonyl (C=O) groups excluding carboxylic acids is 2. The van der Waals surface area contributed by atoms with Crippen LogP contribution in [0.2, 0.25) is 0 Å². The number of likely N-dealkylation sites (tertiary alicyclic amines) is 1. The molecule has 0 aliphatic carbocycles. The average Bonchev–Trinajstić information content (AvgIpc) is 2.98. The van der Waals surface area contributed by atoms with Crippen LogP contribution >= 0.6 is 0 Å². The molecule has 6 nitrogen and oxygen atoms in total. The summed E-state index contributed by atoms with van der Waals surface area (Å²) >= 11 is 0. The normalized spacial score (nSPS) is 24.1. The molecule has 2 fully saturated rings. The summed E-state index contributed by atoms with van der Waals surface area (Å²) < 4.78 is 5.42.